The lowest BCUT2D eigenvalue weighted by Gasteiger charge is -2.07. The fourth-order valence-electron chi connectivity index (χ4n) is 1.03. The highest BCUT2D eigenvalue weighted by Crippen LogP contribution is 2.33. The topological polar surface area (TPSA) is 72.5 Å². The monoisotopic (exact) mass is 325 g/mol. The van der Waals surface area contributed by atoms with Crippen molar-refractivity contribution in [3.63, 3.8) is 0 Å². The second kappa shape index (κ2) is 9.31. The predicted octanol–water partition coefficient (Wildman–Crippen LogP) is 3.40. The van der Waals surface area contributed by atoms with E-state index < -0.39 is 5.97 Å². The number of hydrogen-bond acceptors (Lipinski definition) is 4. The van der Waals surface area contributed by atoms with Crippen molar-refractivity contribution in [1.29, 1.82) is 0 Å². The van der Waals surface area contributed by atoms with E-state index in [0.29, 0.717) is 5.25 Å². The molecule has 0 heterocycles. The minimum Gasteiger partial charge on any atom is -0.494 e. The molecule has 0 saturated heterocycles. The maximum atomic E-state index is 10.7. The molecule has 0 spiro atoms. The number of carboxylic acids is 1. The van der Waals surface area contributed by atoms with Gasteiger partial charge in [0.2, 0.25) is 0 Å². The summed E-state index contributed by atoms with van der Waals surface area (Å²) in [6.45, 7) is 2.91. The van der Waals surface area contributed by atoms with Crippen molar-refractivity contribution in [1.82, 2.24) is 0 Å². The van der Waals surface area contributed by atoms with Crippen LogP contribution in [0.4, 0.5) is 0 Å². The number of nitrogens with two attached hydrogens (primary N) is 1. The van der Waals surface area contributed by atoms with Gasteiger partial charge in [-0.1, -0.05) is 30.1 Å². The van der Waals surface area contributed by atoms with Gasteiger partial charge in [0.05, 0.1) is 17.2 Å². The average molecular weight is 326 g/mol. The molecule has 19 heavy (non-hydrogen) atoms. The smallest absolute Gasteiger partial charge is 0.341 e. The summed E-state index contributed by atoms with van der Waals surface area (Å²) in [5.41, 5.74) is 5.15. The van der Waals surface area contributed by atoms with Crippen molar-refractivity contribution in [2.45, 2.75) is 12.2 Å². The van der Waals surface area contributed by atoms with Crippen LogP contribution in [0.3, 0.4) is 0 Å². The Morgan fingerprint density at radius 1 is 1.47 bits per heavy atom. The molecule has 4 nitrogen and oxygen atoms in total. The van der Waals surface area contributed by atoms with Crippen LogP contribution in [-0.2, 0) is 0 Å². The van der Waals surface area contributed by atoms with Gasteiger partial charge in [0.25, 0.3) is 0 Å². The predicted molar refractivity (Wildman–Crippen MR) is 82.0 cm³/mol. The van der Waals surface area contributed by atoms with Gasteiger partial charge in [-0.15, -0.1) is 0 Å². The molecule has 3 N–H and O–H groups in total. The minimum absolute atomic E-state index is 0.0849. The van der Waals surface area contributed by atoms with Crippen LogP contribution in [0.5, 0.6) is 5.75 Å². The van der Waals surface area contributed by atoms with Gasteiger partial charge in [-0.2, -0.15) is 11.8 Å². The molecule has 0 aliphatic rings. The second-order valence-electron chi connectivity index (χ2n) is 3.52. The lowest BCUT2D eigenvalue weighted by atomic mass is 10.2. The van der Waals surface area contributed by atoms with E-state index in [2.05, 4.69) is 13.2 Å². The Morgan fingerprint density at radius 2 is 2.00 bits per heavy atom. The van der Waals surface area contributed by atoms with Gasteiger partial charge < -0.3 is 15.6 Å². The van der Waals surface area contributed by atoms with Crippen molar-refractivity contribution < 1.29 is 14.6 Å². The highest BCUT2D eigenvalue weighted by molar-refractivity contribution is 7.99. The van der Waals surface area contributed by atoms with E-state index in [0.717, 1.165) is 6.54 Å². The van der Waals surface area contributed by atoms with E-state index in [9.17, 15) is 4.79 Å². The zero-order valence-electron chi connectivity index (χ0n) is 10.9. The number of thioether (sulfide) groups is 1. The molecule has 0 aliphatic heterocycles. The molecule has 1 atom stereocenters. The van der Waals surface area contributed by atoms with Crippen molar-refractivity contribution in [2.24, 2.45) is 5.73 Å². The molecule has 1 rings (SSSR count). The molecule has 0 radical (unpaired) electrons. The Bertz CT molecular complexity index is 426. The number of methoxy groups -OCH3 is 1. The van der Waals surface area contributed by atoms with Crippen molar-refractivity contribution in [3.8, 4) is 5.75 Å². The van der Waals surface area contributed by atoms with E-state index in [4.69, 9.17) is 38.8 Å². The van der Waals surface area contributed by atoms with Gasteiger partial charge in [-0.3, -0.25) is 0 Å². The van der Waals surface area contributed by atoms with E-state index in [1.165, 1.54) is 19.2 Å². The Morgan fingerprint density at radius 3 is 2.26 bits per heavy atom. The second-order valence-corrected chi connectivity index (χ2v) is 5.62. The number of aromatic carboxylic acids is 1. The van der Waals surface area contributed by atoms with Crippen molar-refractivity contribution >= 4 is 40.9 Å². The standard InChI is InChI=1S/C8H6Cl2O3.C4H11NS/c1-13-7-5(10)3-2-4(9)6(7)8(11)12;1-4(3-5)6-2/h2-3H,1H3,(H,11,12);4H,3,5H2,1-2H3. The van der Waals surface area contributed by atoms with Crippen LogP contribution in [0.15, 0.2) is 12.1 Å². The van der Waals surface area contributed by atoms with Gasteiger partial charge in [-0.25, -0.2) is 4.79 Å². The molecule has 1 aromatic carbocycles. The molecule has 1 aromatic rings. The normalized spacial score (nSPS) is 11.3. The zero-order valence-corrected chi connectivity index (χ0v) is 13.3. The highest BCUT2D eigenvalue weighted by Gasteiger charge is 2.17. The third-order valence-corrected chi connectivity index (χ3v) is 3.82. The Labute approximate surface area is 127 Å². The fourth-order valence-corrected chi connectivity index (χ4v) is 1.69. The van der Waals surface area contributed by atoms with E-state index in [1.54, 1.807) is 11.8 Å². The third-order valence-electron chi connectivity index (χ3n) is 2.21. The summed E-state index contributed by atoms with van der Waals surface area (Å²) in [5, 5.41) is 9.74. The van der Waals surface area contributed by atoms with Crippen molar-refractivity contribution in [2.75, 3.05) is 19.9 Å². The fraction of sp³-hybridized carbons (Fsp3) is 0.417. The van der Waals surface area contributed by atoms with Crippen LogP contribution in [-0.4, -0.2) is 36.2 Å². The first-order valence-electron chi connectivity index (χ1n) is 5.37. The molecule has 0 saturated carbocycles. The number of halogens is 2. The summed E-state index contributed by atoms with van der Waals surface area (Å²) in [5.74, 6) is -1.08. The number of hydrogen-bond donors (Lipinski definition) is 2. The molecule has 0 aliphatic carbocycles. The van der Waals surface area contributed by atoms with Crippen LogP contribution in [0.1, 0.15) is 17.3 Å². The maximum Gasteiger partial charge on any atom is 0.341 e. The Balaban J connectivity index is 0.000000459. The van der Waals surface area contributed by atoms with Gasteiger partial charge in [-0.05, 0) is 18.4 Å². The van der Waals surface area contributed by atoms with Crippen molar-refractivity contribution in [3.05, 3.63) is 27.7 Å². The van der Waals surface area contributed by atoms with Gasteiger partial charge in [0.1, 0.15) is 5.56 Å². The SMILES string of the molecule is COc1c(Cl)ccc(Cl)c1C(=O)O.CSC(C)CN. The van der Waals surface area contributed by atoms with Crippen LogP contribution >= 0.6 is 35.0 Å². The number of benzene rings is 1. The highest BCUT2D eigenvalue weighted by atomic mass is 35.5. The van der Waals surface area contributed by atoms with Crippen LogP contribution in [0.2, 0.25) is 10.0 Å². The first-order valence-corrected chi connectivity index (χ1v) is 7.41. The quantitative estimate of drug-likeness (QED) is 0.887. The van der Waals surface area contributed by atoms with E-state index in [-0.39, 0.29) is 21.4 Å². The zero-order chi connectivity index (χ0) is 15.0. The minimum atomic E-state index is -1.16. The molecular weight excluding hydrogens is 309 g/mol. The Kier molecular flexibility index (Phi) is 9.01. The third kappa shape index (κ3) is 5.91. The van der Waals surface area contributed by atoms with E-state index in [1.807, 2.05) is 0 Å². The molecule has 7 heteroatoms. The summed E-state index contributed by atoms with van der Waals surface area (Å²) in [6.07, 6.45) is 2.07. The number of ether oxygens (including phenoxy) is 1. The van der Waals surface area contributed by atoms with Gasteiger partial charge in [0, 0.05) is 11.8 Å². The first-order chi connectivity index (χ1) is 8.88. The summed E-state index contributed by atoms with van der Waals surface area (Å²) in [7, 11) is 1.34. The summed E-state index contributed by atoms with van der Waals surface area (Å²) in [4.78, 5) is 10.7. The summed E-state index contributed by atoms with van der Waals surface area (Å²) < 4.78 is 4.82. The molecule has 108 valence electrons. The molecule has 0 fully saturated rings. The van der Waals surface area contributed by atoms with Crippen LogP contribution in [0, 0.1) is 0 Å². The molecule has 1 unspecified atom stereocenters. The van der Waals surface area contributed by atoms with E-state index >= 15 is 0 Å². The van der Waals surface area contributed by atoms with Gasteiger partial charge >= 0.3 is 5.97 Å². The lowest BCUT2D eigenvalue weighted by Crippen LogP contribution is -2.11. The lowest BCUT2D eigenvalue weighted by molar-refractivity contribution is 0.0693. The first kappa shape index (κ1) is 18.4. The molecule has 0 aromatic heterocycles. The summed E-state index contributed by atoms with van der Waals surface area (Å²) in [6, 6.07) is 2.89. The van der Waals surface area contributed by atoms with Crippen LogP contribution in [0.25, 0.3) is 0 Å². The molecule has 0 bridgehead atoms. The summed E-state index contributed by atoms with van der Waals surface area (Å²) >= 11 is 13.2. The van der Waals surface area contributed by atoms with Crippen LogP contribution < -0.4 is 10.5 Å². The largest absolute Gasteiger partial charge is 0.494 e. The average Bonchev–Trinajstić information content (AvgIpc) is 2.40. The number of carboxylic acid groups (broad SMARTS) is 1. The molecule has 0 amide bonds. The number of rotatable bonds is 4. The Hall–Kier alpha value is -0.620. The molecular formula is C12H17Cl2NO3S. The van der Waals surface area contributed by atoms with Gasteiger partial charge in [0.15, 0.2) is 5.75 Å². The number of carbonyl (C=O) groups is 1. The maximum absolute atomic E-state index is 10.7.